The summed E-state index contributed by atoms with van der Waals surface area (Å²) in [7, 11) is 1.64. The van der Waals surface area contributed by atoms with Crippen molar-refractivity contribution in [3.05, 3.63) is 46.3 Å². The molecule has 0 fully saturated rings. The first-order valence-corrected chi connectivity index (χ1v) is 9.35. The summed E-state index contributed by atoms with van der Waals surface area (Å²) in [5.74, 6) is 0.939. The summed E-state index contributed by atoms with van der Waals surface area (Å²) in [5, 5.41) is 8.37. The van der Waals surface area contributed by atoms with Crippen molar-refractivity contribution >= 4 is 41.3 Å². The van der Waals surface area contributed by atoms with Gasteiger partial charge in [-0.2, -0.15) is 13.2 Å². The van der Waals surface area contributed by atoms with Crippen molar-refractivity contribution in [3.8, 4) is 5.88 Å². The SMILES string of the molecule is CN=C(NCc1cccnc1OCC(F)(F)F)NCC(C)Cc1cccs1.I. The van der Waals surface area contributed by atoms with Crippen LogP contribution in [0.2, 0.25) is 0 Å². The number of thiophene rings is 1. The predicted octanol–water partition coefficient (Wildman–Crippen LogP) is 4.25. The fraction of sp³-hybridized carbons (Fsp3) is 0.444. The molecular weight excluding hydrogens is 504 g/mol. The van der Waals surface area contributed by atoms with Crippen LogP contribution in [0.4, 0.5) is 13.2 Å². The Morgan fingerprint density at radius 1 is 1.29 bits per heavy atom. The zero-order valence-electron chi connectivity index (χ0n) is 15.6. The standard InChI is InChI=1S/C18H23F3N4OS.HI/c1-13(9-15-6-4-8-27-15)10-24-17(22-2)25-11-14-5-3-7-23-16(14)26-12-18(19,20)21;/h3-8,13H,9-12H2,1-2H3,(H2,22,24,25);1H. The van der Waals surface area contributed by atoms with Crippen molar-refractivity contribution in [2.24, 2.45) is 10.9 Å². The van der Waals surface area contributed by atoms with Gasteiger partial charge in [0.1, 0.15) is 0 Å². The first-order chi connectivity index (χ1) is 12.9. The molecule has 28 heavy (non-hydrogen) atoms. The summed E-state index contributed by atoms with van der Waals surface area (Å²) in [6, 6.07) is 7.46. The number of rotatable bonds is 8. The molecule has 0 aliphatic rings. The van der Waals surface area contributed by atoms with Gasteiger partial charge in [-0.25, -0.2) is 4.98 Å². The Bertz CT molecular complexity index is 726. The van der Waals surface area contributed by atoms with Gasteiger partial charge in [0.15, 0.2) is 12.6 Å². The molecule has 2 aromatic rings. The highest BCUT2D eigenvalue weighted by molar-refractivity contribution is 14.0. The molecule has 2 rings (SSSR count). The number of halogens is 4. The normalized spacial score (nSPS) is 12.8. The van der Waals surface area contributed by atoms with Gasteiger partial charge in [0.2, 0.25) is 5.88 Å². The van der Waals surface area contributed by atoms with E-state index in [-0.39, 0.29) is 36.4 Å². The van der Waals surface area contributed by atoms with E-state index >= 15 is 0 Å². The Hall–Kier alpha value is -1.56. The average Bonchev–Trinajstić information content (AvgIpc) is 3.13. The maximum atomic E-state index is 12.4. The molecule has 0 spiro atoms. The molecule has 0 saturated heterocycles. The second-order valence-corrected chi connectivity index (χ2v) is 7.10. The van der Waals surface area contributed by atoms with Crippen molar-refractivity contribution in [3.63, 3.8) is 0 Å². The van der Waals surface area contributed by atoms with E-state index in [0.29, 0.717) is 17.4 Å². The number of hydrogen-bond donors (Lipinski definition) is 2. The van der Waals surface area contributed by atoms with E-state index in [4.69, 9.17) is 4.74 Å². The van der Waals surface area contributed by atoms with Crippen LogP contribution < -0.4 is 15.4 Å². The molecule has 0 aliphatic carbocycles. The molecule has 156 valence electrons. The molecule has 2 aromatic heterocycles. The first-order valence-electron chi connectivity index (χ1n) is 8.47. The lowest BCUT2D eigenvalue weighted by molar-refractivity contribution is -0.154. The second kappa shape index (κ2) is 12.1. The average molecular weight is 528 g/mol. The van der Waals surface area contributed by atoms with Crippen molar-refractivity contribution in [2.75, 3.05) is 20.2 Å². The lowest BCUT2D eigenvalue weighted by Crippen LogP contribution is -2.39. The minimum atomic E-state index is -4.40. The lowest BCUT2D eigenvalue weighted by Gasteiger charge is -2.17. The molecule has 0 aliphatic heterocycles. The van der Waals surface area contributed by atoms with E-state index in [2.05, 4.69) is 39.0 Å². The molecular formula is C18H24F3IN4OS. The third kappa shape index (κ3) is 9.09. The summed E-state index contributed by atoms with van der Waals surface area (Å²) < 4.78 is 41.9. The summed E-state index contributed by atoms with van der Waals surface area (Å²) in [4.78, 5) is 9.35. The molecule has 0 aromatic carbocycles. The highest BCUT2D eigenvalue weighted by Crippen LogP contribution is 2.19. The Balaban J connectivity index is 0.00000392. The molecule has 1 atom stereocenters. The molecule has 2 heterocycles. The fourth-order valence-electron chi connectivity index (χ4n) is 2.35. The van der Waals surface area contributed by atoms with Crippen LogP contribution in [0.5, 0.6) is 5.88 Å². The summed E-state index contributed by atoms with van der Waals surface area (Å²) in [6.45, 7) is 1.75. The maximum absolute atomic E-state index is 12.4. The van der Waals surface area contributed by atoms with Crippen LogP contribution in [0.3, 0.4) is 0 Å². The lowest BCUT2D eigenvalue weighted by atomic mass is 10.1. The van der Waals surface area contributed by atoms with Gasteiger partial charge < -0.3 is 15.4 Å². The number of aliphatic imine (C=N–C) groups is 1. The smallest absolute Gasteiger partial charge is 0.422 e. The van der Waals surface area contributed by atoms with Crippen LogP contribution in [0.25, 0.3) is 0 Å². The van der Waals surface area contributed by atoms with Crippen molar-refractivity contribution in [1.82, 2.24) is 15.6 Å². The third-order valence-electron chi connectivity index (χ3n) is 3.64. The number of alkyl halides is 3. The molecule has 0 amide bonds. The highest BCUT2D eigenvalue weighted by atomic mass is 127. The van der Waals surface area contributed by atoms with Gasteiger partial charge in [0.05, 0.1) is 0 Å². The van der Waals surface area contributed by atoms with Crippen LogP contribution in [0.15, 0.2) is 40.8 Å². The van der Waals surface area contributed by atoms with Crippen LogP contribution in [-0.4, -0.2) is 37.3 Å². The Morgan fingerprint density at radius 2 is 2.07 bits per heavy atom. The van der Waals surface area contributed by atoms with E-state index in [1.165, 1.54) is 11.1 Å². The number of pyridine rings is 1. The fourth-order valence-corrected chi connectivity index (χ4v) is 3.22. The number of hydrogen-bond acceptors (Lipinski definition) is 4. The largest absolute Gasteiger partial charge is 0.468 e. The van der Waals surface area contributed by atoms with Gasteiger partial charge >= 0.3 is 6.18 Å². The highest BCUT2D eigenvalue weighted by Gasteiger charge is 2.29. The van der Waals surface area contributed by atoms with Crippen LogP contribution in [-0.2, 0) is 13.0 Å². The first kappa shape index (κ1) is 24.5. The number of nitrogens with zero attached hydrogens (tertiary/aromatic N) is 2. The summed E-state index contributed by atoms with van der Waals surface area (Å²) >= 11 is 1.73. The number of guanidine groups is 1. The van der Waals surface area contributed by atoms with Crippen LogP contribution in [0, 0.1) is 5.92 Å². The molecule has 0 radical (unpaired) electrons. The van der Waals surface area contributed by atoms with Crippen molar-refractivity contribution in [1.29, 1.82) is 0 Å². The van der Waals surface area contributed by atoms with Gasteiger partial charge in [-0.05, 0) is 29.9 Å². The second-order valence-electron chi connectivity index (χ2n) is 6.07. The molecule has 1 unspecified atom stereocenters. The Kier molecular flexibility index (Phi) is 10.6. The quantitative estimate of drug-likeness (QED) is 0.306. The zero-order valence-corrected chi connectivity index (χ0v) is 18.8. The zero-order chi connectivity index (χ0) is 19.7. The third-order valence-corrected chi connectivity index (χ3v) is 4.54. The van der Waals surface area contributed by atoms with Crippen LogP contribution in [0.1, 0.15) is 17.4 Å². The van der Waals surface area contributed by atoms with Crippen molar-refractivity contribution < 1.29 is 17.9 Å². The monoisotopic (exact) mass is 528 g/mol. The number of nitrogens with one attached hydrogen (secondary N) is 2. The van der Waals surface area contributed by atoms with E-state index in [9.17, 15) is 13.2 Å². The van der Waals surface area contributed by atoms with Gasteiger partial charge in [0, 0.05) is 36.8 Å². The van der Waals surface area contributed by atoms with Gasteiger partial charge in [0.25, 0.3) is 0 Å². The van der Waals surface area contributed by atoms with Gasteiger partial charge in [-0.15, -0.1) is 35.3 Å². The van der Waals surface area contributed by atoms with Crippen molar-refractivity contribution in [2.45, 2.75) is 26.1 Å². The minimum Gasteiger partial charge on any atom is -0.468 e. The van der Waals surface area contributed by atoms with E-state index < -0.39 is 12.8 Å². The Morgan fingerprint density at radius 3 is 2.71 bits per heavy atom. The molecule has 0 saturated carbocycles. The molecule has 10 heteroatoms. The molecule has 5 nitrogen and oxygen atoms in total. The molecule has 0 bridgehead atoms. The number of aromatic nitrogens is 1. The van der Waals surface area contributed by atoms with Crippen LogP contribution >= 0.6 is 35.3 Å². The van der Waals surface area contributed by atoms with E-state index in [1.54, 1.807) is 30.5 Å². The maximum Gasteiger partial charge on any atom is 0.422 e. The topological polar surface area (TPSA) is 58.5 Å². The minimum absolute atomic E-state index is 0. The van der Waals surface area contributed by atoms with E-state index in [0.717, 1.165) is 13.0 Å². The number of ether oxygens (including phenoxy) is 1. The van der Waals surface area contributed by atoms with E-state index in [1.807, 2.05) is 6.07 Å². The summed E-state index contributed by atoms with van der Waals surface area (Å²) in [5.41, 5.74) is 0.524. The van der Waals surface area contributed by atoms with Gasteiger partial charge in [-0.1, -0.05) is 19.1 Å². The summed E-state index contributed by atoms with van der Waals surface area (Å²) in [6.07, 6.45) is -2.03. The Labute approximate surface area is 183 Å². The predicted molar refractivity (Wildman–Crippen MR) is 117 cm³/mol. The van der Waals surface area contributed by atoms with Gasteiger partial charge in [-0.3, -0.25) is 4.99 Å². The molecule has 2 N–H and O–H groups in total.